The summed E-state index contributed by atoms with van der Waals surface area (Å²) in [6.07, 6.45) is 4.70. The van der Waals surface area contributed by atoms with Crippen LogP contribution in [0.3, 0.4) is 0 Å². The van der Waals surface area contributed by atoms with Gasteiger partial charge in [0.05, 0.1) is 17.4 Å². The summed E-state index contributed by atoms with van der Waals surface area (Å²) < 4.78 is 0. The number of aliphatic hydroxyl groups is 1. The van der Waals surface area contributed by atoms with Gasteiger partial charge in [0.2, 0.25) is 5.91 Å². The molecule has 5 atom stereocenters. The van der Waals surface area contributed by atoms with Gasteiger partial charge in [-0.15, -0.1) is 0 Å². The molecule has 2 fully saturated rings. The number of nitrogens with one attached hydrogen (secondary N) is 1. The molecule has 2 aliphatic rings. The fourth-order valence-electron chi connectivity index (χ4n) is 4.03. The maximum Gasteiger partial charge on any atom is 0.307 e. The summed E-state index contributed by atoms with van der Waals surface area (Å²) in [6, 6.07) is 0. The van der Waals surface area contributed by atoms with Gasteiger partial charge in [0, 0.05) is 6.54 Å². The fourth-order valence-corrected chi connectivity index (χ4v) is 4.03. The molecule has 0 aromatic carbocycles. The van der Waals surface area contributed by atoms with E-state index in [2.05, 4.69) is 12.2 Å². The van der Waals surface area contributed by atoms with E-state index in [1.54, 1.807) is 0 Å². The number of carboxylic acids is 1. The summed E-state index contributed by atoms with van der Waals surface area (Å²) in [5, 5.41) is 22.6. The largest absolute Gasteiger partial charge is 0.481 e. The number of hydrogen-bond donors (Lipinski definition) is 3. The summed E-state index contributed by atoms with van der Waals surface area (Å²) in [5.74, 6) is -1.40. The van der Waals surface area contributed by atoms with E-state index >= 15 is 0 Å². The Morgan fingerprint density at radius 2 is 1.86 bits per heavy atom. The minimum absolute atomic E-state index is 0.210. The monoisotopic (exact) mass is 297 g/mol. The Kier molecular flexibility index (Phi) is 4.91. The lowest BCUT2D eigenvalue weighted by molar-refractivity contribution is -0.146. The lowest BCUT2D eigenvalue weighted by Gasteiger charge is -2.36. The third-order valence-corrected chi connectivity index (χ3v) is 5.11. The fraction of sp³-hybridized carbons (Fsp3) is 0.875. The van der Waals surface area contributed by atoms with Crippen molar-refractivity contribution in [3.63, 3.8) is 0 Å². The minimum Gasteiger partial charge on any atom is -0.481 e. The van der Waals surface area contributed by atoms with Crippen LogP contribution in [0.4, 0.5) is 0 Å². The van der Waals surface area contributed by atoms with Crippen molar-refractivity contribution in [1.82, 2.24) is 5.32 Å². The first kappa shape index (κ1) is 16.3. The summed E-state index contributed by atoms with van der Waals surface area (Å²) in [6.45, 7) is 4.35. The number of carboxylic acid groups (broad SMARTS) is 1. The van der Waals surface area contributed by atoms with Gasteiger partial charge in [-0.3, -0.25) is 9.59 Å². The van der Waals surface area contributed by atoms with Crippen molar-refractivity contribution >= 4 is 11.9 Å². The number of carbonyl (C=O) groups excluding carboxylic acids is 1. The topological polar surface area (TPSA) is 86.6 Å². The third-order valence-electron chi connectivity index (χ3n) is 5.11. The van der Waals surface area contributed by atoms with E-state index in [9.17, 15) is 19.8 Å². The van der Waals surface area contributed by atoms with Crippen molar-refractivity contribution in [2.75, 3.05) is 6.54 Å². The van der Waals surface area contributed by atoms with Crippen molar-refractivity contribution < 1.29 is 19.8 Å². The normalized spacial score (nSPS) is 40.0. The van der Waals surface area contributed by atoms with E-state index in [-0.39, 0.29) is 18.4 Å². The SMILES string of the molecule is CC1CC(C(=O)O)C(C(=O)NCC2(O)CCCC(C)C2)C1. The molecule has 0 aliphatic heterocycles. The zero-order chi connectivity index (χ0) is 15.6. The average Bonchev–Trinajstić information content (AvgIpc) is 2.78. The summed E-state index contributed by atoms with van der Waals surface area (Å²) >= 11 is 0. The van der Waals surface area contributed by atoms with Gasteiger partial charge in [-0.2, -0.15) is 0 Å². The van der Waals surface area contributed by atoms with Crippen LogP contribution in [0.2, 0.25) is 0 Å². The number of hydrogen-bond acceptors (Lipinski definition) is 3. The molecule has 0 aromatic heterocycles. The van der Waals surface area contributed by atoms with Crippen LogP contribution in [0.25, 0.3) is 0 Å². The van der Waals surface area contributed by atoms with Gasteiger partial charge in [-0.05, 0) is 37.5 Å². The maximum absolute atomic E-state index is 12.3. The third kappa shape index (κ3) is 3.96. The van der Waals surface area contributed by atoms with Crippen LogP contribution in [-0.2, 0) is 9.59 Å². The standard InChI is InChI=1S/C16H27NO4/c1-10-4-3-5-16(21,8-10)9-17-14(18)12-6-11(2)7-13(12)15(19)20/h10-13,21H,3-9H2,1-2H3,(H,17,18)(H,19,20). The summed E-state index contributed by atoms with van der Waals surface area (Å²) in [5.41, 5.74) is -0.823. The van der Waals surface area contributed by atoms with Crippen molar-refractivity contribution in [3.05, 3.63) is 0 Å². The minimum atomic E-state index is -0.885. The van der Waals surface area contributed by atoms with E-state index in [0.29, 0.717) is 31.6 Å². The van der Waals surface area contributed by atoms with Crippen molar-refractivity contribution in [1.29, 1.82) is 0 Å². The van der Waals surface area contributed by atoms with Crippen LogP contribution in [0, 0.1) is 23.7 Å². The zero-order valence-electron chi connectivity index (χ0n) is 13.0. The quantitative estimate of drug-likeness (QED) is 0.738. The summed E-state index contributed by atoms with van der Waals surface area (Å²) in [4.78, 5) is 23.5. The Morgan fingerprint density at radius 1 is 1.19 bits per heavy atom. The Bertz CT molecular complexity index is 411. The van der Waals surface area contributed by atoms with E-state index in [4.69, 9.17) is 0 Å². The van der Waals surface area contributed by atoms with Crippen LogP contribution in [0.5, 0.6) is 0 Å². The second kappa shape index (κ2) is 6.34. The highest BCUT2D eigenvalue weighted by atomic mass is 16.4. The van der Waals surface area contributed by atoms with Gasteiger partial charge in [-0.1, -0.05) is 26.7 Å². The molecule has 0 bridgehead atoms. The Labute approximate surface area is 126 Å². The van der Waals surface area contributed by atoms with Gasteiger partial charge in [0.15, 0.2) is 0 Å². The van der Waals surface area contributed by atoms with E-state index < -0.39 is 23.4 Å². The maximum atomic E-state index is 12.3. The molecule has 1 amide bonds. The van der Waals surface area contributed by atoms with Crippen molar-refractivity contribution in [3.8, 4) is 0 Å². The molecular weight excluding hydrogens is 270 g/mol. The number of rotatable bonds is 4. The van der Waals surface area contributed by atoms with Crippen LogP contribution in [-0.4, -0.2) is 34.2 Å². The molecule has 0 radical (unpaired) electrons. The average molecular weight is 297 g/mol. The van der Waals surface area contributed by atoms with Gasteiger partial charge in [0.1, 0.15) is 0 Å². The molecule has 0 spiro atoms. The van der Waals surface area contributed by atoms with E-state index in [0.717, 1.165) is 12.8 Å². The molecule has 3 N–H and O–H groups in total. The second-order valence-electron chi connectivity index (χ2n) is 7.27. The Balaban J connectivity index is 1.90. The van der Waals surface area contributed by atoms with Crippen molar-refractivity contribution in [2.24, 2.45) is 23.7 Å². The van der Waals surface area contributed by atoms with E-state index in [1.807, 2.05) is 6.92 Å². The molecule has 2 rings (SSSR count). The van der Waals surface area contributed by atoms with Crippen LogP contribution in [0.15, 0.2) is 0 Å². The number of amides is 1. The van der Waals surface area contributed by atoms with Crippen LogP contribution < -0.4 is 5.32 Å². The lowest BCUT2D eigenvalue weighted by atomic mass is 9.79. The Hall–Kier alpha value is -1.10. The Morgan fingerprint density at radius 3 is 2.48 bits per heavy atom. The first-order valence-corrected chi connectivity index (χ1v) is 8.03. The molecule has 0 heterocycles. The first-order valence-electron chi connectivity index (χ1n) is 8.03. The molecule has 2 saturated carbocycles. The second-order valence-corrected chi connectivity index (χ2v) is 7.27. The molecule has 2 aliphatic carbocycles. The lowest BCUT2D eigenvalue weighted by Crippen LogP contribution is -2.47. The number of aliphatic carboxylic acids is 1. The predicted octanol–water partition coefficient (Wildman–Crippen LogP) is 1.79. The van der Waals surface area contributed by atoms with Gasteiger partial charge < -0.3 is 15.5 Å². The van der Waals surface area contributed by atoms with Gasteiger partial charge in [-0.25, -0.2) is 0 Å². The zero-order valence-corrected chi connectivity index (χ0v) is 13.0. The highest BCUT2D eigenvalue weighted by Gasteiger charge is 2.42. The van der Waals surface area contributed by atoms with Crippen LogP contribution in [0.1, 0.15) is 52.4 Å². The first-order chi connectivity index (χ1) is 9.81. The summed E-state index contributed by atoms with van der Waals surface area (Å²) in [7, 11) is 0. The predicted molar refractivity (Wildman–Crippen MR) is 78.6 cm³/mol. The van der Waals surface area contributed by atoms with Crippen LogP contribution >= 0.6 is 0 Å². The highest BCUT2D eigenvalue weighted by molar-refractivity contribution is 5.85. The van der Waals surface area contributed by atoms with Gasteiger partial charge in [0.25, 0.3) is 0 Å². The van der Waals surface area contributed by atoms with E-state index in [1.165, 1.54) is 0 Å². The molecule has 5 unspecified atom stereocenters. The smallest absolute Gasteiger partial charge is 0.307 e. The molecule has 0 aromatic rings. The molecule has 21 heavy (non-hydrogen) atoms. The number of carbonyl (C=O) groups is 2. The highest BCUT2D eigenvalue weighted by Crippen LogP contribution is 2.37. The molecular formula is C16H27NO4. The molecule has 5 heteroatoms. The van der Waals surface area contributed by atoms with Gasteiger partial charge >= 0.3 is 5.97 Å². The van der Waals surface area contributed by atoms with Crippen molar-refractivity contribution in [2.45, 2.75) is 58.0 Å². The molecule has 120 valence electrons. The molecule has 0 saturated heterocycles. The molecule has 5 nitrogen and oxygen atoms in total.